The lowest BCUT2D eigenvalue weighted by Crippen LogP contribution is -2.44. The molecule has 0 aliphatic carbocycles. The molecule has 86 valence electrons. The third-order valence-electron chi connectivity index (χ3n) is 2.20. The highest BCUT2D eigenvalue weighted by molar-refractivity contribution is 5.93. The van der Waals surface area contributed by atoms with Gasteiger partial charge >= 0.3 is 12.2 Å². The molecule has 1 aliphatic heterocycles. The third kappa shape index (κ3) is 1.68. The van der Waals surface area contributed by atoms with Crippen LogP contribution in [0.5, 0.6) is 0 Å². The number of hydrogen-bond acceptors (Lipinski definition) is 1. The first-order valence-corrected chi connectivity index (χ1v) is 4.32. The summed E-state index contributed by atoms with van der Waals surface area (Å²) < 4.78 is 50.9. The minimum Gasteiger partial charge on any atom is -0.322 e. The van der Waals surface area contributed by atoms with Crippen molar-refractivity contribution in [1.29, 1.82) is 0 Å². The maximum absolute atomic E-state index is 13.2. The standard InChI is InChI=1S/C9H6F4N2O/c10-5-3-1-2-4-6(5)14-8(16)15-7(4)9(11,12)13/h1-3,7H,(H2,14,15,16). The van der Waals surface area contributed by atoms with E-state index in [9.17, 15) is 22.4 Å². The number of fused-ring (bicyclic) bond motifs is 1. The van der Waals surface area contributed by atoms with E-state index >= 15 is 0 Å². The van der Waals surface area contributed by atoms with E-state index in [-0.39, 0.29) is 5.56 Å². The molecular weight excluding hydrogens is 228 g/mol. The molecule has 0 fully saturated rings. The summed E-state index contributed by atoms with van der Waals surface area (Å²) >= 11 is 0. The van der Waals surface area contributed by atoms with Gasteiger partial charge in [0, 0.05) is 5.56 Å². The topological polar surface area (TPSA) is 41.1 Å². The van der Waals surface area contributed by atoms with Crippen LogP contribution in [-0.2, 0) is 0 Å². The Morgan fingerprint density at radius 3 is 2.56 bits per heavy atom. The Morgan fingerprint density at radius 2 is 1.94 bits per heavy atom. The third-order valence-corrected chi connectivity index (χ3v) is 2.20. The van der Waals surface area contributed by atoms with Crippen LogP contribution in [0.1, 0.15) is 11.6 Å². The zero-order chi connectivity index (χ0) is 11.9. The minimum absolute atomic E-state index is 0.327. The molecule has 3 nitrogen and oxygen atoms in total. The second kappa shape index (κ2) is 3.36. The summed E-state index contributed by atoms with van der Waals surface area (Å²) in [4.78, 5) is 10.9. The number of rotatable bonds is 0. The molecule has 0 aromatic heterocycles. The smallest absolute Gasteiger partial charge is 0.322 e. The van der Waals surface area contributed by atoms with E-state index in [1.54, 1.807) is 5.32 Å². The van der Waals surface area contributed by atoms with Gasteiger partial charge in [0.1, 0.15) is 5.82 Å². The van der Waals surface area contributed by atoms with E-state index in [1.807, 2.05) is 5.32 Å². The van der Waals surface area contributed by atoms with E-state index in [4.69, 9.17) is 0 Å². The first-order chi connectivity index (χ1) is 7.39. The Bertz CT molecular complexity index is 444. The predicted molar refractivity (Wildman–Crippen MR) is 47.4 cm³/mol. The quantitative estimate of drug-likeness (QED) is 0.665. The molecule has 2 N–H and O–H groups in total. The molecule has 1 atom stereocenters. The van der Waals surface area contributed by atoms with Crippen LogP contribution in [0.2, 0.25) is 0 Å². The Labute approximate surface area is 87.4 Å². The molecule has 1 unspecified atom stereocenters. The van der Waals surface area contributed by atoms with Gasteiger partial charge in [0.15, 0.2) is 6.04 Å². The Balaban J connectivity index is 2.55. The summed E-state index contributed by atoms with van der Waals surface area (Å²) in [5.74, 6) is -0.887. The fourth-order valence-electron chi connectivity index (χ4n) is 1.53. The van der Waals surface area contributed by atoms with Gasteiger partial charge in [-0.05, 0) is 6.07 Å². The fourth-order valence-corrected chi connectivity index (χ4v) is 1.53. The van der Waals surface area contributed by atoms with Crippen molar-refractivity contribution in [3.8, 4) is 0 Å². The first-order valence-electron chi connectivity index (χ1n) is 4.32. The lowest BCUT2D eigenvalue weighted by atomic mass is 10.0. The number of carbonyl (C=O) groups is 1. The lowest BCUT2D eigenvalue weighted by molar-refractivity contribution is -0.155. The summed E-state index contributed by atoms with van der Waals surface area (Å²) in [6.07, 6.45) is -4.65. The van der Waals surface area contributed by atoms with Gasteiger partial charge in [-0.15, -0.1) is 0 Å². The number of para-hydroxylation sites is 1. The van der Waals surface area contributed by atoms with Crippen LogP contribution in [-0.4, -0.2) is 12.2 Å². The average Bonchev–Trinajstić information content (AvgIpc) is 2.17. The number of carbonyl (C=O) groups excluding carboxylic acids is 1. The van der Waals surface area contributed by atoms with Crippen molar-refractivity contribution < 1.29 is 22.4 Å². The monoisotopic (exact) mass is 234 g/mol. The second-order valence-corrected chi connectivity index (χ2v) is 3.28. The van der Waals surface area contributed by atoms with Gasteiger partial charge < -0.3 is 10.6 Å². The number of anilines is 1. The van der Waals surface area contributed by atoms with Crippen LogP contribution in [0.3, 0.4) is 0 Å². The molecular formula is C9H6F4N2O. The molecule has 1 heterocycles. The number of nitrogens with one attached hydrogen (secondary N) is 2. The minimum atomic E-state index is -4.65. The van der Waals surface area contributed by atoms with Gasteiger partial charge in [0.25, 0.3) is 0 Å². The molecule has 0 bridgehead atoms. The summed E-state index contributed by atoms with van der Waals surface area (Å²) in [7, 11) is 0. The molecule has 2 rings (SSSR count). The molecule has 7 heteroatoms. The van der Waals surface area contributed by atoms with Crippen molar-refractivity contribution in [1.82, 2.24) is 5.32 Å². The Morgan fingerprint density at radius 1 is 1.25 bits per heavy atom. The second-order valence-electron chi connectivity index (χ2n) is 3.28. The van der Waals surface area contributed by atoms with Gasteiger partial charge in [0.2, 0.25) is 0 Å². The predicted octanol–water partition coefficient (Wildman–Crippen LogP) is 2.56. The number of benzene rings is 1. The largest absolute Gasteiger partial charge is 0.413 e. The SMILES string of the molecule is O=C1Nc2c(F)cccc2C(C(F)(F)F)N1. The summed E-state index contributed by atoms with van der Waals surface area (Å²) in [5, 5.41) is 3.70. The molecule has 1 aromatic rings. The Kier molecular flexibility index (Phi) is 2.25. The summed E-state index contributed by atoms with van der Waals surface area (Å²) in [6, 6.07) is 0.0133. The zero-order valence-corrected chi connectivity index (χ0v) is 7.73. The number of halogens is 4. The van der Waals surface area contributed by atoms with E-state index in [0.717, 1.165) is 18.2 Å². The first kappa shape index (κ1) is 10.7. The maximum atomic E-state index is 13.2. The van der Waals surface area contributed by atoms with E-state index < -0.39 is 29.8 Å². The number of alkyl halides is 3. The number of urea groups is 1. The number of hydrogen-bond donors (Lipinski definition) is 2. The van der Waals surface area contributed by atoms with Gasteiger partial charge in [-0.1, -0.05) is 12.1 Å². The average molecular weight is 234 g/mol. The van der Waals surface area contributed by atoms with E-state index in [1.165, 1.54) is 0 Å². The van der Waals surface area contributed by atoms with Gasteiger partial charge in [-0.3, -0.25) is 0 Å². The van der Waals surface area contributed by atoms with Crippen molar-refractivity contribution in [3.05, 3.63) is 29.6 Å². The van der Waals surface area contributed by atoms with Crippen molar-refractivity contribution >= 4 is 11.7 Å². The fraction of sp³-hybridized carbons (Fsp3) is 0.222. The highest BCUT2D eigenvalue weighted by atomic mass is 19.4. The van der Waals surface area contributed by atoms with Crippen molar-refractivity contribution in [3.63, 3.8) is 0 Å². The molecule has 16 heavy (non-hydrogen) atoms. The zero-order valence-electron chi connectivity index (χ0n) is 7.73. The van der Waals surface area contributed by atoms with Crippen molar-refractivity contribution in [2.75, 3.05) is 5.32 Å². The molecule has 0 saturated carbocycles. The van der Waals surface area contributed by atoms with Crippen LogP contribution >= 0.6 is 0 Å². The van der Waals surface area contributed by atoms with E-state index in [0.29, 0.717) is 0 Å². The molecule has 2 amide bonds. The summed E-state index contributed by atoms with van der Waals surface area (Å²) in [6.45, 7) is 0. The van der Waals surface area contributed by atoms with Gasteiger partial charge in [-0.25, -0.2) is 9.18 Å². The van der Waals surface area contributed by atoms with E-state index in [2.05, 4.69) is 0 Å². The van der Waals surface area contributed by atoms with Crippen LogP contribution in [0.15, 0.2) is 18.2 Å². The van der Waals surface area contributed by atoms with Crippen LogP contribution in [0.25, 0.3) is 0 Å². The molecule has 0 radical (unpaired) electrons. The molecule has 0 saturated heterocycles. The van der Waals surface area contributed by atoms with Crippen LogP contribution in [0, 0.1) is 5.82 Å². The lowest BCUT2D eigenvalue weighted by Gasteiger charge is -2.28. The van der Waals surface area contributed by atoms with Crippen molar-refractivity contribution in [2.24, 2.45) is 0 Å². The number of amides is 2. The highest BCUT2D eigenvalue weighted by Crippen LogP contribution is 2.39. The normalized spacial score (nSPS) is 19.8. The van der Waals surface area contributed by atoms with Crippen LogP contribution < -0.4 is 10.6 Å². The summed E-state index contributed by atoms with van der Waals surface area (Å²) in [5.41, 5.74) is -0.749. The molecule has 0 spiro atoms. The van der Waals surface area contributed by atoms with Gasteiger partial charge in [-0.2, -0.15) is 13.2 Å². The Hall–Kier alpha value is -1.79. The molecule has 1 aliphatic rings. The van der Waals surface area contributed by atoms with Gasteiger partial charge in [0.05, 0.1) is 5.69 Å². The highest BCUT2D eigenvalue weighted by Gasteiger charge is 2.45. The van der Waals surface area contributed by atoms with Crippen LogP contribution in [0.4, 0.5) is 28.0 Å². The molecule has 1 aromatic carbocycles. The van der Waals surface area contributed by atoms with Crippen molar-refractivity contribution in [2.45, 2.75) is 12.2 Å². The maximum Gasteiger partial charge on any atom is 0.413 e.